The van der Waals surface area contributed by atoms with Gasteiger partial charge in [0.15, 0.2) is 9.84 Å². The summed E-state index contributed by atoms with van der Waals surface area (Å²) in [5, 5.41) is 0. The highest BCUT2D eigenvalue weighted by atomic mass is 32.2. The second-order valence-corrected chi connectivity index (χ2v) is 9.41. The molecular weight excluding hydrogens is 366 g/mol. The van der Waals surface area contributed by atoms with Crippen LogP contribution in [0.25, 0.3) is 0 Å². The number of carbonyl (C=O) groups excluding carboxylic acids is 1. The van der Waals surface area contributed by atoms with Crippen molar-refractivity contribution in [1.29, 1.82) is 0 Å². The number of hydrogen-bond acceptors (Lipinski definition) is 5. The molecule has 0 N–H and O–H groups in total. The van der Waals surface area contributed by atoms with E-state index in [2.05, 4.69) is 0 Å². The summed E-state index contributed by atoms with van der Waals surface area (Å²) in [5.74, 6) is 0.277. The number of carbonyl (C=O) groups is 1. The summed E-state index contributed by atoms with van der Waals surface area (Å²) in [6.07, 6.45) is 4.33. The summed E-state index contributed by atoms with van der Waals surface area (Å²) in [4.78, 5) is 14.1. The van der Waals surface area contributed by atoms with Gasteiger partial charge in [-0.3, -0.25) is 4.79 Å². The fraction of sp³-hybridized carbons (Fsp3) is 0.650. The van der Waals surface area contributed by atoms with E-state index in [1.54, 1.807) is 24.1 Å². The first-order chi connectivity index (χ1) is 12.8. The quantitative estimate of drug-likeness (QED) is 0.640. The number of nitrogens with zero attached hydrogens (tertiary/aromatic N) is 1. The van der Waals surface area contributed by atoms with Crippen LogP contribution in [-0.2, 0) is 19.4 Å². The highest BCUT2D eigenvalue weighted by Gasteiger charge is 2.20. The first-order valence-electron chi connectivity index (χ1n) is 9.63. The van der Waals surface area contributed by atoms with Crippen LogP contribution in [0.4, 0.5) is 0 Å². The summed E-state index contributed by atoms with van der Waals surface area (Å²) < 4.78 is 36.1. The van der Waals surface area contributed by atoms with E-state index in [0.717, 1.165) is 25.9 Å². The first-order valence-corrected chi connectivity index (χ1v) is 11.3. The van der Waals surface area contributed by atoms with E-state index in [-0.39, 0.29) is 35.2 Å². The van der Waals surface area contributed by atoms with Gasteiger partial charge in [0.1, 0.15) is 5.75 Å². The van der Waals surface area contributed by atoms with E-state index in [9.17, 15) is 13.2 Å². The van der Waals surface area contributed by atoms with Crippen LogP contribution < -0.4 is 4.74 Å². The molecule has 6 nitrogen and oxygen atoms in total. The molecule has 152 valence electrons. The minimum atomic E-state index is -3.50. The zero-order valence-electron chi connectivity index (χ0n) is 16.5. The highest BCUT2D eigenvalue weighted by Crippen LogP contribution is 2.19. The zero-order chi connectivity index (χ0) is 19.9. The summed E-state index contributed by atoms with van der Waals surface area (Å²) >= 11 is 0. The standard InChI is InChI=1S/C20H31NO5S/c1-16(2)26-18-7-9-19(10-8-18)27(23,24)15-12-20(22)21(3)13-11-17-6-4-5-14-25-17/h7-10,16-17H,4-6,11-15H2,1-3H3. The SMILES string of the molecule is CC(C)Oc1ccc(S(=O)(=O)CCC(=O)N(C)CCC2CCCCO2)cc1. The molecule has 1 saturated heterocycles. The second-order valence-electron chi connectivity index (χ2n) is 7.30. The Balaban J connectivity index is 1.81. The molecule has 2 rings (SSSR count). The number of benzene rings is 1. The topological polar surface area (TPSA) is 72.9 Å². The average Bonchev–Trinajstić information content (AvgIpc) is 2.65. The molecule has 1 aliphatic heterocycles. The molecule has 1 unspecified atom stereocenters. The molecule has 0 aliphatic carbocycles. The highest BCUT2D eigenvalue weighted by molar-refractivity contribution is 7.91. The van der Waals surface area contributed by atoms with E-state index >= 15 is 0 Å². The van der Waals surface area contributed by atoms with Gasteiger partial charge in [-0.05, 0) is 63.8 Å². The Morgan fingerprint density at radius 1 is 1.26 bits per heavy atom. The summed E-state index contributed by atoms with van der Waals surface area (Å²) in [7, 11) is -1.78. The van der Waals surface area contributed by atoms with Crippen LogP contribution >= 0.6 is 0 Å². The smallest absolute Gasteiger partial charge is 0.223 e. The second kappa shape index (κ2) is 10.1. The van der Waals surface area contributed by atoms with Gasteiger partial charge < -0.3 is 14.4 Å². The third kappa shape index (κ3) is 7.14. The average molecular weight is 398 g/mol. The number of amides is 1. The number of ether oxygens (including phenoxy) is 2. The molecule has 0 bridgehead atoms. The maximum Gasteiger partial charge on any atom is 0.223 e. The fourth-order valence-corrected chi connectivity index (χ4v) is 4.26. The molecule has 1 aliphatic rings. The molecule has 1 fully saturated rings. The largest absolute Gasteiger partial charge is 0.491 e. The lowest BCUT2D eigenvalue weighted by Gasteiger charge is -2.25. The van der Waals surface area contributed by atoms with Gasteiger partial charge in [-0.25, -0.2) is 8.42 Å². The minimum Gasteiger partial charge on any atom is -0.491 e. The zero-order valence-corrected chi connectivity index (χ0v) is 17.3. The lowest BCUT2D eigenvalue weighted by Crippen LogP contribution is -2.32. The molecule has 1 heterocycles. The summed E-state index contributed by atoms with van der Waals surface area (Å²) in [6, 6.07) is 6.35. The molecule has 0 aromatic heterocycles. The van der Waals surface area contributed by atoms with E-state index in [1.165, 1.54) is 18.6 Å². The van der Waals surface area contributed by atoms with Gasteiger partial charge in [-0.15, -0.1) is 0 Å². The van der Waals surface area contributed by atoms with E-state index in [0.29, 0.717) is 12.3 Å². The Hall–Kier alpha value is -1.60. The Morgan fingerprint density at radius 2 is 1.96 bits per heavy atom. The van der Waals surface area contributed by atoms with Gasteiger partial charge in [0.25, 0.3) is 0 Å². The predicted molar refractivity (Wildman–Crippen MR) is 105 cm³/mol. The molecule has 1 aromatic rings. The summed E-state index contributed by atoms with van der Waals surface area (Å²) in [5.41, 5.74) is 0. The maximum absolute atomic E-state index is 12.5. The predicted octanol–water partition coefficient (Wildman–Crippen LogP) is 3.06. The normalized spacial score (nSPS) is 17.7. The van der Waals surface area contributed by atoms with E-state index in [4.69, 9.17) is 9.47 Å². The number of rotatable bonds is 9. The van der Waals surface area contributed by atoms with Crippen molar-refractivity contribution in [3.8, 4) is 5.75 Å². The molecule has 1 atom stereocenters. The van der Waals surface area contributed by atoms with Crippen LogP contribution in [0.1, 0.15) is 46.0 Å². The van der Waals surface area contributed by atoms with Crippen molar-refractivity contribution < 1.29 is 22.7 Å². The van der Waals surface area contributed by atoms with Crippen LogP contribution in [-0.4, -0.2) is 57.4 Å². The lowest BCUT2D eigenvalue weighted by molar-refractivity contribution is -0.129. The number of hydrogen-bond donors (Lipinski definition) is 0. The molecular formula is C20H31NO5S. The Bertz CT molecular complexity index is 694. The third-order valence-corrected chi connectivity index (χ3v) is 6.36. The Kier molecular flexibility index (Phi) is 8.10. The molecule has 0 spiro atoms. The molecule has 0 saturated carbocycles. The van der Waals surface area contributed by atoms with Gasteiger partial charge in [0.05, 0.1) is 22.9 Å². The van der Waals surface area contributed by atoms with Crippen molar-refractivity contribution >= 4 is 15.7 Å². The van der Waals surface area contributed by atoms with Gasteiger partial charge in [-0.2, -0.15) is 0 Å². The minimum absolute atomic E-state index is 0.0192. The molecule has 1 aromatic carbocycles. The van der Waals surface area contributed by atoms with Gasteiger partial charge in [0.2, 0.25) is 5.91 Å². The van der Waals surface area contributed by atoms with Gasteiger partial charge in [-0.1, -0.05) is 0 Å². The monoisotopic (exact) mass is 397 g/mol. The summed E-state index contributed by atoms with van der Waals surface area (Å²) in [6.45, 7) is 5.20. The van der Waals surface area contributed by atoms with Crippen LogP contribution in [0.5, 0.6) is 5.75 Å². The Labute approximate surface area is 162 Å². The van der Waals surface area contributed by atoms with Crippen molar-refractivity contribution in [1.82, 2.24) is 4.90 Å². The third-order valence-electron chi connectivity index (χ3n) is 4.63. The van der Waals surface area contributed by atoms with E-state index < -0.39 is 9.84 Å². The van der Waals surface area contributed by atoms with E-state index in [1.807, 2.05) is 13.8 Å². The van der Waals surface area contributed by atoms with Crippen LogP contribution in [0.15, 0.2) is 29.2 Å². The number of sulfone groups is 1. The molecule has 27 heavy (non-hydrogen) atoms. The van der Waals surface area contributed by atoms with Crippen molar-refractivity contribution in [3.05, 3.63) is 24.3 Å². The maximum atomic E-state index is 12.5. The first kappa shape index (κ1) is 21.7. The van der Waals surface area contributed by atoms with Gasteiger partial charge >= 0.3 is 0 Å². The fourth-order valence-electron chi connectivity index (χ4n) is 3.03. The molecule has 1 amide bonds. The lowest BCUT2D eigenvalue weighted by atomic mass is 10.1. The van der Waals surface area contributed by atoms with Crippen molar-refractivity contribution in [2.24, 2.45) is 0 Å². The van der Waals surface area contributed by atoms with Crippen molar-refractivity contribution in [2.75, 3.05) is 26.0 Å². The van der Waals surface area contributed by atoms with Crippen LogP contribution in [0.2, 0.25) is 0 Å². The van der Waals surface area contributed by atoms with Crippen molar-refractivity contribution in [2.45, 2.75) is 63.1 Å². The molecule has 7 heteroatoms. The van der Waals surface area contributed by atoms with Crippen LogP contribution in [0, 0.1) is 0 Å². The molecule has 0 radical (unpaired) electrons. The van der Waals surface area contributed by atoms with Crippen LogP contribution in [0.3, 0.4) is 0 Å². The van der Waals surface area contributed by atoms with Crippen molar-refractivity contribution in [3.63, 3.8) is 0 Å². The van der Waals surface area contributed by atoms with Gasteiger partial charge in [0, 0.05) is 26.6 Å². The Morgan fingerprint density at radius 3 is 2.56 bits per heavy atom.